The fourth-order valence-corrected chi connectivity index (χ4v) is 10.9. The molecule has 64 heavy (non-hydrogen) atoms. The Kier molecular flexibility index (Phi) is 8.29. The molecule has 2 aliphatic rings. The third-order valence-corrected chi connectivity index (χ3v) is 14.0. The van der Waals surface area contributed by atoms with Crippen LogP contribution in [0.25, 0.3) is 99.4 Å². The first-order valence-corrected chi connectivity index (χ1v) is 22.4. The van der Waals surface area contributed by atoms with Gasteiger partial charge in [-0.15, -0.1) is 0 Å². The van der Waals surface area contributed by atoms with Crippen LogP contribution in [0.3, 0.4) is 0 Å². The van der Waals surface area contributed by atoms with E-state index >= 15 is 4.79 Å². The molecule has 0 bridgehead atoms. The number of carbonyl (C=O) groups excluding carboxylic acids is 1. The molecule has 300 valence electrons. The third kappa shape index (κ3) is 5.76. The number of benzene rings is 10. The second-order valence-corrected chi connectivity index (χ2v) is 17.5. The van der Waals surface area contributed by atoms with Crippen molar-refractivity contribution in [2.24, 2.45) is 0 Å². The minimum absolute atomic E-state index is 0.0243. The molecule has 0 spiro atoms. The second-order valence-electron chi connectivity index (χ2n) is 17.5. The summed E-state index contributed by atoms with van der Waals surface area (Å²) in [6.45, 7) is 0. The monoisotopic (exact) mass is 815 g/mol. The van der Waals surface area contributed by atoms with E-state index in [1.165, 1.54) is 65.7 Å². The van der Waals surface area contributed by atoms with Gasteiger partial charge in [-0.1, -0.05) is 170 Å². The summed E-state index contributed by atoms with van der Waals surface area (Å²) in [5.41, 5.74) is 17.0. The Labute approximate surface area is 372 Å². The van der Waals surface area contributed by atoms with Crippen LogP contribution >= 0.6 is 0 Å². The van der Waals surface area contributed by atoms with Gasteiger partial charge in [0.1, 0.15) is 0 Å². The Hall–Kier alpha value is -8.07. The normalized spacial score (nSPS) is 14.4. The molecule has 10 aromatic carbocycles. The zero-order valence-electron chi connectivity index (χ0n) is 35.1. The Bertz CT molecular complexity index is 3700. The third-order valence-electron chi connectivity index (χ3n) is 14.0. The van der Waals surface area contributed by atoms with Gasteiger partial charge in [0.05, 0.1) is 5.52 Å². The van der Waals surface area contributed by atoms with Crippen molar-refractivity contribution in [3.8, 4) is 44.5 Å². The zero-order valence-corrected chi connectivity index (χ0v) is 35.1. The van der Waals surface area contributed by atoms with Crippen LogP contribution in [0.4, 0.5) is 0 Å². The highest BCUT2D eigenvalue weighted by atomic mass is 16.2. The quantitative estimate of drug-likeness (QED) is 0.159. The number of rotatable bonds is 5. The maximum atomic E-state index is 15.1. The van der Waals surface area contributed by atoms with E-state index in [4.69, 9.17) is 0 Å². The lowest BCUT2D eigenvalue weighted by Crippen LogP contribution is -2.26. The van der Waals surface area contributed by atoms with E-state index in [0.29, 0.717) is 0 Å². The fraction of sp³-hybridized carbons (Fsp3) is 0.0484. The molecule has 1 unspecified atom stereocenters. The van der Waals surface area contributed by atoms with Crippen LogP contribution in [0.15, 0.2) is 212 Å². The number of nitrogens with zero attached hydrogens (tertiary/aromatic N) is 1. The standard InChI is InChI=1S/C62H41NO/c64-62-55-31-27-46(45-25-29-53-51-23-8-7-21-49(51)50-22-9-10-24-52(50)56(53)35-45)36-57(55)54-30-26-47(43-19-11-17-41(33-43)39-13-3-1-4-14-39)38-59-58-37-48(28-32-60(58)63(62)61(54)59)44-20-12-18-42(34-44)40-15-5-2-6-16-40/h1-25,27-29,31-38,54H,26,30H2. The molecule has 2 heterocycles. The highest BCUT2D eigenvalue weighted by Gasteiger charge is 2.37. The highest BCUT2D eigenvalue weighted by molar-refractivity contribution is 6.25. The zero-order chi connectivity index (χ0) is 42.3. The molecule has 1 aliphatic heterocycles. The van der Waals surface area contributed by atoms with Gasteiger partial charge in [0.15, 0.2) is 0 Å². The molecule has 0 radical (unpaired) electrons. The van der Waals surface area contributed by atoms with Gasteiger partial charge in [-0.2, -0.15) is 0 Å². The lowest BCUT2D eigenvalue weighted by molar-refractivity contribution is 0.0954. The van der Waals surface area contributed by atoms with Gasteiger partial charge < -0.3 is 0 Å². The summed E-state index contributed by atoms with van der Waals surface area (Å²) in [6, 6.07) is 76.7. The Balaban J connectivity index is 0.986. The molecule has 1 aromatic heterocycles. The molecule has 0 amide bonds. The van der Waals surface area contributed by atoms with Crippen molar-refractivity contribution in [1.29, 1.82) is 0 Å². The molecule has 2 nitrogen and oxygen atoms in total. The van der Waals surface area contributed by atoms with Crippen LogP contribution in [0, 0.1) is 0 Å². The number of carbonyl (C=O) groups is 1. The van der Waals surface area contributed by atoms with Crippen LogP contribution in [0.2, 0.25) is 0 Å². The van der Waals surface area contributed by atoms with Crippen molar-refractivity contribution < 1.29 is 4.79 Å². The summed E-state index contributed by atoms with van der Waals surface area (Å²) in [5, 5.41) is 8.67. The van der Waals surface area contributed by atoms with E-state index in [1.807, 2.05) is 0 Å². The van der Waals surface area contributed by atoms with Gasteiger partial charge in [0.2, 0.25) is 0 Å². The molecular weight excluding hydrogens is 775 g/mol. The van der Waals surface area contributed by atoms with Gasteiger partial charge in [0.25, 0.3) is 5.91 Å². The molecule has 1 atom stereocenters. The molecule has 1 aliphatic carbocycles. The fourth-order valence-electron chi connectivity index (χ4n) is 10.9. The molecular formula is C62H41NO. The minimum atomic E-state index is 0.0243. The number of aromatic nitrogens is 1. The second kappa shape index (κ2) is 14.5. The summed E-state index contributed by atoms with van der Waals surface area (Å²) < 4.78 is 2.05. The van der Waals surface area contributed by atoms with Crippen LogP contribution in [0.1, 0.15) is 51.5 Å². The Morgan fingerprint density at radius 1 is 0.375 bits per heavy atom. The van der Waals surface area contributed by atoms with Gasteiger partial charge in [-0.3, -0.25) is 9.36 Å². The van der Waals surface area contributed by atoms with Crippen molar-refractivity contribution in [3.63, 3.8) is 0 Å². The average Bonchev–Trinajstić information content (AvgIpc) is 3.55. The minimum Gasteiger partial charge on any atom is -0.279 e. The largest absolute Gasteiger partial charge is 0.279 e. The van der Waals surface area contributed by atoms with Gasteiger partial charge >= 0.3 is 0 Å². The maximum Gasteiger partial charge on any atom is 0.262 e. The molecule has 0 fully saturated rings. The summed E-state index contributed by atoms with van der Waals surface area (Å²) in [4.78, 5) is 15.1. The van der Waals surface area contributed by atoms with Crippen molar-refractivity contribution >= 4 is 60.8 Å². The molecule has 0 saturated carbocycles. The lowest BCUT2D eigenvalue weighted by Gasteiger charge is -2.28. The number of hydrogen-bond acceptors (Lipinski definition) is 1. The first-order valence-electron chi connectivity index (χ1n) is 22.4. The molecule has 0 saturated heterocycles. The first-order chi connectivity index (χ1) is 31.6. The van der Waals surface area contributed by atoms with Crippen LogP contribution in [-0.4, -0.2) is 10.5 Å². The molecule has 2 heteroatoms. The van der Waals surface area contributed by atoms with Crippen LogP contribution in [0.5, 0.6) is 0 Å². The van der Waals surface area contributed by atoms with E-state index in [1.54, 1.807) is 0 Å². The first kappa shape index (κ1) is 36.6. The summed E-state index contributed by atoms with van der Waals surface area (Å²) in [6.07, 6.45) is 4.17. The van der Waals surface area contributed by atoms with E-state index in [2.05, 4.69) is 223 Å². The SMILES string of the molecule is O=C1c2ccc(-c3ccc4c5ccccc5c5ccccc5c4c3)cc2C2CCC(c3cccc(-c4ccccc4)c3)=Cc3c2n1c1ccc(-c2cccc(-c4ccccc4)c2)cc31. The van der Waals surface area contributed by atoms with Gasteiger partial charge in [-0.25, -0.2) is 0 Å². The number of allylic oxidation sites excluding steroid dienone is 1. The summed E-state index contributed by atoms with van der Waals surface area (Å²) >= 11 is 0. The van der Waals surface area contributed by atoms with Crippen molar-refractivity contribution in [2.45, 2.75) is 18.8 Å². The topological polar surface area (TPSA) is 22.0 Å². The van der Waals surface area contributed by atoms with Crippen molar-refractivity contribution in [3.05, 3.63) is 240 Å². The molecule has 0 N–H and O–H groups in total. The van der Waals surface area contributed by atoms with E-state index in [9.17, 15) is 0 Å². The van der Waals surface area contributed by atoms with Crippen molar-refractivity contribution in [1.82, 2.24) is 4.57 Å². The van der Waals surface area contributed by atoms with E-state index in [0.717, 1.165) is 68.4 Å². The Morgan fingerprint density at radius 3 is 1.50 bits per heavy atom. The summed E-state index contributed by atoms with van der Waals surface area (Å²) in [7, 11) is 0. The molecule has 13 rings (SSSR count). The highest BCUT2D eigenvalue weighted by Crippen LogP contribution is 2.49. The maximum absolute atomic E-state index is 15.1. The van der Waals surface area contributed by atoms with E-state index in [-0.39, 0.29) is 11.8 Å². The predicted molar refractivity (Wildman–Crippen MR) is 268 cm³/mol. The lowest BCUT2D eigenvalue weighted by atomic mass is 9.82. The number of fused-ring (bicyclic) bond motifs is 11. The average molecular weight is 816 g/mol. The predicted octanol–water partition coefficient (Wildman–Crippen LogP) is 16.2. The van der Waals surface area contributed by atoms with Crippen LogP contribution in [-0.2, 0) is 0 Å². The molecule has 11 aromatic rings. The van der Waals surface area contributed by atoms with Crippen LogP contribution < -0.4 is 0 Å². The number of hydrogen-bond donors (Lipinski definition) is 0. The van der Waals surface area contributed by atoms with Crippen molar-refractivity contribution in [2.75, 3.05) is 0 Å². The van der Waals surface area contributed by atoms with E-state index < -0.39 is 0 Å². The van der Waals surface area contributed by atoms with Gasteiger partial charge in [0, 0.05) is 28.1 Å². The smallest absolute Gasteiger partial charge is 0.262 e. The van der Waals surface area contributed by atoms with Gasteiger partial charge in [-0.05, 0) is 155 Å². The summed E-state index contributed by atoms with van der Waals surface area (Å²) in [5.74, 6) is 0.0676. The Morgan fingerprint density at radius 2 is 0.844 bits per heavy atom.